The molecule has 1 heterocycles. The van der Waals surface area contributed by atoms with Gasteiger partial charge in [-0.3, -0.25) is 0 Å². The van der Waals surface area contributed by atoms with Gasteiger partial charge in [0.25, 0.3) is 0 Å². The van der Waals surface area contributed by atoms with E-state index in [1.165, 1.54) is 31.6 Å². The predicted octanol–water partition coefficient (Wildman–Crippen LogP) is 1.24. The minimum atomic E-state index is 0.878. The van der Waals surface area contributed by atoms with Gasteiger partial charge in [-0.2, -0.15) is 11.8 Å². The average Bonchev–Trinajstić information content (AvgIpc) is 2.33. The van der Waals surface area contributed by atoms with Crippen LogP contribution in [0.3, 0.4) is 0 Å². The van der Waals surface area contributed by atoms with Gasteiger partial charge in [-0.05, 0) is 12.8 Å². The van der Waals surface area contributed by atoms with Gasteiger partial charge in [-0.25, -0.2) is 0 Å². The number of thioether (sulfide) groups is 1. The average molecular weight is 143 g/mol. The molecular formula is C7H13NS. The van der Waals surface area contributed by atoms with E-state index in [2.05, 4.69) is 17.1 Å². The Balaban J connectivity index is 1.97. The summed E-state index contributed by atoms with van der Waals surface area (Å²) in [4.78, 5) is 0. The lowest BCUT2D eigenvalue weighted by atomic mass is 10.2. The number of fused-ring (bicyclic) bond motifs is 1. The quantitative estimate of drug-likeness (QED) is 0.547. The van der Waals surface area contributed by atoms with Crippen molar-refractivity contribution >= 4 is 11.8 Å². The Morgan fingerprint density at radius 3 is 3.22 bits per heavy atom. The van der Waals surface area contributed by atoms with Crippen molar-refractivity contribution in [3.63, 3.8) is 0 Å². The number of hydrogen-bond donors (Lipinski definition) is 1. The third kappa shape index (κ3) is 1.10. The van der Waals surface area contributed by atoms with Gasteiger partial charge in [0, 0.05) is 23.6 Å². The molecule has 2 heteroatoms. The van der Waals surface area contributed by atoms with E-state index >= 15 is 0 Å². The Morgan fingerprint density at radius 1 is 1.33 bits per heavy atom. The van der Waals surface area contributed by atoms with Crippen LogP contribution in [0.15, 0.2) is 0 Å². The lowest BCUT2D eigenvalue weighted by Crippen LogP contribution is -2.40. The third-order valence-corrected chi connectivity index (χ3v) is 3.73. The van der Waals surface area contributed by atoms with Crippen molar-refractivity contribution in [3.05, 3.63) is 0 Å². The molecular weight excluding hydrogens is 130 g/mol. The number of rotatable bonds is 0. The fraction of sp³-hybridized carbons (Fsp3) is 1.00. The molecule has 0 aromatic heterocycles. The molecule has 2 atom stereocenters. The SMILES string of the molecule is C1C[C@@H]2SCCN[C@@H]2C1. The molecule has 0 bridgehead atoms. The van der Waals surface area contributed by atoms with Crippen LogP contribution in [0.4, 0.5) is 0 Å². The van der Waals surface area contributed by atoms with Gasteiger partial charge in [0.15, 0.2) is 0 Å². The first-order valence-electron chi connectivity index (χ1n) is 3.82. The van der Waals surface area contributed by atoms with Crippen molar-refractivity contribution in [1.82, 2.24) is 5.32 Å². The topological polar surface area (TPSA) is 12.0 Å². The van der Waals surface area contributed by atoms with Crippen LogP contribution >= 0.6 is 11.8 Å². The van der Waals surface area contributed by atoms with Gasteiger partial charge in [-0.1, -0.05) is 6.42 Å². The summed E-state index contributed by atoms with van der Waals surface area (Å²) in [5.41, 5.74) is 0. The second-order valence-electron chi connectivity index (χ2n) is 2.90. The maximum atomic E-state index is 3.56. The molecule has 1 N–H and O–H groups in total. The van der Waals surface area contributed by atoms with Crippen molar-refractivity contribution in [3.8, 4) is 0 Å². The Bertz CT molecular complexity index is 93.1. The van der Waals surface area contributed by atoms with Gasteiger partial charge in [-0.15, -0.1) is 0 Å². The molecule has 1 aliphatic heterocycles. The van der Waals surface area contributed by atoms with Crippen molar-refractivity contribution in [1.29, 1.82) is 0 Å². The van der Waals surface area contributed by atoms with E-state index in [4.69, 9.17) is 0 Å². The molecule has 0 unspecified atom stereocenters. The van der Waals surface area contributed by atoms with Crippen LogP contribution in [-0.4, -0.2) is 23.6 Å². The van der Waals surface area contributed by atoms with Crippen molar-refractivity contribution in [2.75, 3.05) is 12.3 Å². The minimum absolute atomic E-state index is 0.878. The molecule has 0 radical (unpaired) electrons. The zero-order chi connectivity index (χ0) is 6.10. The molecule has 2 aliphatic rings. The van der Waals surface area contributed by atoms with Crippen LogP contribution in [0.5, 0.6) is 0 Å². The Hall–Kier alpha value is 0.310. The van der Waals surface area contributed by atoms with Gasteiger partial charge in [0.05, 0.1) is 0 Å². The van der Waals surface area contributed by atoms with E-state index in [-0.39, 0.29) is 0 Å². The summed E-state index contributed by atoms with van der Waals surface area (Å²) in [7, 11) is 0. The molecule has 2 fully saturated rings. The molecule has 1 saturated carbocycles. The lowest BCUT2D eigenvalue weighted by Gasteiger charge is -2.25. The summed E-state index contributed by atoms with van der Waals surface area (Å²) in [5, 5.41) is 4.53. The summed E-state index contributed by atoms with van der Waals surface area (Å²) < 4.78 is 0. The van der Waals surface area contributed by atoms with Crippen molar-refractivity contribution < 1.29 is 0 Å². The third-order valence-electron chi connectivity index (χ3n) is 2.29. The highest BCUT2D eigenvalue weighted by atomic mass is 32.2. The van der Waals surface area contributed by atoms with Crippen LogP contribution in [0, 0.1) is 0 Å². The Labute approximate surface area is 60.6 Å². The summed E-state index contributed by atoms with van der Waals surface area (Å²) >= 11 is 2.17. The minimum Gasteiger partial charge on any atom is -0.312 e. The highest BCUT2D eigenvalue weighted by Crippen LogP contribution is 2.31. The molecule has 9 heavy (non-hydrogen) atoms. The first-order chi connectivity index (χ1) is 4.47. The van der Waals surface area contributed by atoms with Gasteiger partial charge in [0.1, 0.15) is 0 Å². The summed E-state index contributed by atoms with van der Waals surface area (Å²) in [5.74, 6) is 1.33. The zero-order valence-electron chi connectivity index (χ0n) is 5.60. The van der Waals surface area contributed by atoms with Crippen molar-refractivity contribution in [2.24, 2.45) is 0 Å². The maximum Gasteiger partial charge on any atom is 0.0201 e. The molecule has 2 rings (SSSR count). The fourth-order valence-corrected chi connectivity index (χ4v) is 3.15. The van der Waals surface area contributed by atoms with E-state index in [0.717, 1.165) is 11.3 Å². The largest absolute Gasteiger partial charge is 0.312 e. The van der Waals surface area contributed by atoms with Crippen LogP contribution in [0.2, 0.25) is 0 Å². The van der Waals surface area contributed by atoms with E-state index < -0.39 is 0 Å². The summed E-state index contributed by atoms with van der Waals surface area (Å²) in [6.45, 7) is 1.24. The fourth-order valence-electron chi connectivity index (χ4n) is 1.81. The lowest BCUT2D eigenvalue weighted by molar-refractivity contribution is 0.539. The van der Waals surface area contributed by atoms with E-state index in [0.29, 0.717) is 0 Å². The van der Waals surface area contributed by atoms with E-state index in [1.54, 1.807) is 0 Å². The molecule has 0 aromatic rings. The molecule has 1 saturated heterocycles. The predicted molar refractivity (Wildman–Crippen MR) is 41.9 cm³/mol. The Morgan fingerprint density at radius 2 is 2.33 bits per heavy atom. The molecule has 0 aromatic carbocycles. The van der Waals surface area contributed by atoms with Gasteiger partial charge >= 0.3 is 0 Å². The molecule has 0 spiro atoms. The van der Waals surface area contributed by atoms with E-state index in [1.807, 2.05) is 0 Å². The summed E-state index contributed by atoms with van der Waals surface area (Å²) in [6, 6.07) is 0.878. The highest BCUT2D eigenvalue weighted by Gasteiger charge is 2.29. The Kier molecular flexibility index (Phi) is 1.68. The standard InChI is InChI=1S/C7H13NS/c1-2-6-7(3-1)9-5-4-8-6/h6-8H,1-5H2/t6-,7+/m1/s1. The first kappa shape index (κ1) is 6.05. The molecule has 0 amide bonds. The molecule has 52 valence electrons. The second-order valence-corrected chi connectivity index (χ2v) is 4.25. The van der Waals surface area contributed by atoms with Crippen molar-refractivity contribution in [2.45, 2.75) is 30.6 Å². The zero-order valence-corrected chi connectivity index (χ0v) is 6.41. The van der Waals surface area contributed by atoms with Crippen LogP contribution in [-0.2, 0) is 0 Å². The molecule has 1 nitrogen and oxygen atoms in total. The maximum absolute atomic E-state index is 3.56. The van der Waals surface area contributed by atoms with Crippen LogP contribution in [0.25, 0.3) is 0 Å². The normalized spacial score (nSPS) is 42.7. The van der Waals surface area contributed by atoms with Gasteiger partial charge < -0.3 is 5.32 Å². The van der Waals surface area contributed by atoms with E-state index in [9.17, 15) is 0 Å². The van der Waals surface area contributed by atoms with Crippen LogP contribution < -0.4 is 5.32 Å². The smallest absolute Gasteiger partial charge is 0.0201 e. The van der Waals surface area contributed by atoms with Crippen LogP contribution in [0.1, 0.15) is 19.3 Å². The highest BCUT2D eigenvalue weighted by molar-refractivity contribution is 8.00. The van der Waals surface area contributed by atoms with Gasteiger partial charge in [0.2, 0.25) is 0 Å². The number of hydrogen-bond acceptors (Lipinski definition) is 2. The number of nitrogens with one attached hydrogen (secondary N) is 1. The first-order valence-corrected chi connectivity index (χ1v) is 4.87. The summed E-state index contributed by atoms with van der Waals surface area (Å²) in [6.07, 6.45) is 4.34. The molecule has 1 aliphatic carbocycles. The monoisotopic (exact) mass is 143 g/mol. The second kappa shape index (κ2) is 2.51.